The van der Waals surface area contributed by atoms with Crippen LogP contribution in [-0.2, 0) is 20.8 Å². The van der Waals surface area contributed by atoms with Crippen molar-refractivity contribution in [2.24, 2.45) is 11.7 Å². The molecule has 1 aromatic carbocycles. The predicted molar refractivity (Wildman–Crippen MR) is 161 cm³/mol. The van der Waals surface area contributed by atoms with Gasteiger partial charge in [0.2, 0.25) is 17.7 Å². The van der Waals surface area contributed by atoms with Gasteiger partial charge in [0.15, 0.2) is 0 Å². The molecule has 8 nitrogen and oxygen atoms in total. The van der Waals surface area contributed by atoms with Crippen LogP contribution < -0.4 is 16.4 Å². The minimum atomic E-state index is -2.74. The number of rotatable bonds is 13. The highest BCUT2D eigenvalue weighted by atomic mass is 32.1. The number of hydrogen-bond acceptors (Lipinski definition) is 6. The average molecular weight is 604 g/mol. The highest BCUT2D eigenvalue weighted by molar-refractivity contribution is 7.18. The van der Waals surface area contributed by atoms with Crippen LogP contribution in [0.5, 0.6) is 0 Å². The van der Waals surface area contributed by atoms with Crippen molar-refractivity contribution in [2.75, 3.05) is 19.6 Å². The first-order valence-electron chi connectivity index (χ1n) is 15.0. The van der Waals surface area contributed by atoms with E-state index in [9.17, 15) is 23.2 Å². The number of likely N-dealkylation sites (tertiary alicyclic amines) is 1. The van der Waals surface area contributed by atoms with Gasteiger partial charge < -0.3 is 16.4 Å². The van der Waals surface area contributed by atoms with Gasteiger partial charge in [-0.2, -0.15) is 0 Å². The maximum absolute atomic E-state index is 13.7. The lowest BCUT2D eigenvalue weighted by Crippen LogP contribution is -2.57. The molecule has 2 atom stereocenters. The maximum Gasteiger partial charge on any atom is 0.272 e. The van der Waals surface area contributed by atoms with Crippen molar-refractivity contribution in [3.63, 3.8) is 0 Å². The van der Waals surface area contributed by atoms with Crippen molar-refractivity contribution in [1.82, 2.24) is 20.5 Å². The Morgan fingerprint density at radius 1 is 1.17 bits per heavy atom. The van der Waals surface area contributed by atoms with Crippen LogP contribution in [0.2, 0.25) is 0 Å². The number of alkyl halides is 2. The fourth-order valence-electron chi connectivity index (χ4n) is 5.78. The molecule has 2 fully saturated rings. The van der Waals surface area contributed by atoms with Gasteiger partial charge in [0.1, 0.15) is 6.04 Å². The molecule has 0 bridgehead atoms. The Bertz CT molecular complexity index is 1300. The van der Waals surface area contributed by atoms with Gasteiger partial charge in [-0.25, -0.2) is 13.8 Å². The molecule has 2 aliphatic rings. The molecule has 42 heavy (non-hydrogen) atoms. The van der Waals surface area contributed by atoms with Crippen molar-refractivity contribution in [3.8, 4) is 0 Å². The van der Waals surface area contributed by atoms with E-state index in [2.05, 4.69) is 36.6 Å². The lowest BCUT2D eigenvalue weighted by Gasteiger charge is -2.39. The summed E-state index contributed by atoms with van der Waals surface area (Å²) in [7, 11) is 0. The van der Waals surface area contributed by atoms with Crippen LogP contribution in [0.15, 0.2) is 29.8 Å². The topological polar surface area (TPSA) is 117 Å². The number of carbonyl (C=O) groups excluding carboxylic acids is 3. The number of hydrogen-bond donors (Lipinski definition) is 3. The second-order valence-electron chi connectivity index (χ2n) is 12.0. The normalized spacial score (nSPS) is 19.3. The van der Waals surface area contributed by atoms with Gasteiger partial charge in [-0.1, -0.05) is 52.2 Å². The number of carbonyl (C=O) groups is 3. The number of thiazole rings is 1. The van der Waals surface area contributed by atoms with Gasteiger partial charge in [-0.15, -0.1) is 11.3 Å². The SMILES string of the molecule is CCC(=O)N[C@@H](Cc1nc2ccc(C(C)C)cc2s1)C(=O)N[C@@H](CC=C(CN1CC(F)(F)C1)C(N)=O)C1CCCCC1. The van der Waals surface area contributed by atoms with Gasteiger partial charge in [-0.3, -0.25) is 19.3 Å². The van der Waals surface area contributed by atoms with E-state index in [4.69, 9.17) is 10.7 Å². The number of aromatic nitrogens is 1. The van der Waals surface area contributed by atoms with Crippen LogP contribution in [-0.4, -0.2) is 65.2 Å². The minimum absolute atomic E-state index is 0.0571. The maximum atomic E-state index is 13.7. The van der Waals surface area contributed by atoms with Gasteiger partial charge in [-0.05, 0) is 48.8 Å². The number of primary amides is 1. The Kier molecular flexibility index (Phi) is 10.7. The summed E-state index contributed by atoms with van der Waals surface area (Å²) in [5, 5.41) is 6.82. The highest BCUT2D eigenvalue weighted by Crippen LogP contribution is 2.30. The molecule has 3 amide bonds. The molecule has 230 valence electrons. The predicted octanol–water partition coefficient (Wildman–Crippen LogP) is 4.67. The Morgan fingerprint density at radius 2 is 1.88 bits per heavy atom. The van der Waals surface area contributed by atoms with Gasteiger partial charge in [0.25, 0.3) is 5.92 Å². The summed E-state index contributed by atoms with van der Waals surface area (Å²) in [5.74, 6) is -3.33. The molecule has 0 radical (unpaired) electrons. The zero-order valence-corrected chi connectivity index (χ0v) is 25.6. The molecule has 11 heteroatoms. The van der Waals surface area contributed by atoms with Crippen LogP contribution in [0.1, 0.15) is 82.2 Å². The second kappa shape index (κ2) is 14.0. The van der Waals surface area contributed by atoms with Crippen molar-refractivity contribution in [2.45, 2.75) is 96.1 Å². The molecule has 4 N–H and O–H groups in total. The largest absolute Gasteiger partial charge is 0.366 e. The summed E-state index contributed by atoms with van der Waals surface area (Å²) in [6, 6.07) is 5.10. The molecule has 1 saturated carbocycles. The van der Waals surface area contributed by atoms with Gasteiger partial charge in [0, 0.05) is 31.0 Å². The monoisotopic (exact) mass is 603 g/mol. The molecule has 2 aromatic rings. The quantitative estimate of drug-likeness (QED) is 0.288. The van der Waals surface area contributed by atoms with E-state index < -0.39 is 31.0 Å². The molecule has 0 unspecified atom stereocenters. The van der Waals surface area contributed by atoms with Crippen LogP contribution >= 0.6 is 11.3 Å². The number of nitrogens with zero attached hydrogens (tertiary/aromatic N) is 2. The number of fused-ring (bicyclic) bond motifs is 1. The standard InChI is InChI=1S/C31H43F2N5O3S/c1-4-27(39)35-25(15-28-36-24-13-10-21(19(2)3)14-26(24)42-28)30(41)37-23(20-8-6-5-7-9-20)12-11-22(29(34)40)16-38-17-31(32,33)18-38/h10-11,13-14,19-20,23,25H,4-9,12,15-18H2,1-3H3,(H2,34,40)(H,35,39)(H,37,41)/t23-,25-/m0/s1. The Morgan fingerprint density at radius 3 is 2.50 bits per heavy atom. The lowest BCUT2D eigenvalue weighted by molar-refractivity contribution is -0.130. The summed E-state index contributed by atoms with van der Waals surface area (Å²) < 4.78 is 27.7. The lowest BCUT2D eigenvalue weighted by atomic mass is 9.82. The molecule has 1 saturated heterocycles. The van der Waals surface area contributed by atoms with Gasteiger partial charge in [0.05, 0.1) is 28.3 Å². The third-order valence-corrected chi connectivity index (χ3v) is 9.30. The van der Waals surface area contributed by atoms with Crippen molar-refractivity contribution in [3.05, 3.63) is 40.4 Å². The summed E-state index contributed by atoms with van der Waals surface area (Å²) in [6.07, 6.45) is 7.65. The summed E-state index contributed by atoms with van der Waals surface area (Å²) in [4.78, 5) is 44.6. The van der Waals surface area contributed by atoms with E-state index in [1.807, 2.05) is 6.07 Å². The third kappa shape index (κ3) is 8.56. The smallest absolute Gasteiger partial charge is 0.272 e. The van der Waals surface area contributed by atoms with E-state index in [1.54, 1.807) is 13.0 Å². The molecule has 1 aliphatic heterocycles. The van der Waals surface area contributed by atoms with Crippen LogP contribution in [0.4, 0.5) is 8.78 Å². The number of amides is 3. The van der Waals surface area contributed by atoms with E-state index in [0.717, 1.165) is 47.3 Å². The van der Waals surface area contributed by atoms with Crippen LogP contribution in [0, 0.1) is 5.92 Å². The number of nitrogens with two attached hydrogens (primary N) is 1. The van der Waals surface area contributed by atoms with E-state index in [0.29, 0.717) is 12.3 Å². The van der Waals surface area contributed by atoms with Crippen LogP contribution in [0.3, 0.4) is 0 Å². The van der Waals surface area contributed by atoms with Crippen molar-refractivity contribution < 1.29 is 23.2 Å². The molecule has 0 spiro atoms. The zero-order chi connectivity index (χ0) is 30.4. The first-order chi connectivity index (χ1) is 19.9. The van der Waals surface area contributed by atoms with E-state index >= 15 is 0 Å². The first kappa shape index (κ1) is 32.0. The molecule has 1 aliphatic carbocycles. The summed E-state index contributed by atoms with van der Waals surface area (Å²) in [6.45, 7) is 5.27. The Labute approximate surface area is 250 Å². The van der Waals surface area contributed by atoms with Gasteiger partial charge >= 0.3 is 0 Å². The van der Waals surface area contributed by atoms with E-state index in [1.165, 1.54) is 21.8 Å². The highest BCUT2D eigenvalue weighted by Gasteiger charge is 2.44. The first-order valence-corrected chi connectivity index (χ1v) is 15.8. The number of benzene rings is 1. The zero-order valence-electron chi connectivity index (χ0n) is 24.8. The Balaban J connectivity index is 1.51. The van der Waals surface area contributed by atoms with Crippen molar-refractivity contribution >= 4 is 39.3 Å². The van der Waals surface area contributed by atoms with E-state index in [-0.39, 0.29) is 48.7 Å². The molecule has 2 heterocycles. The Hall–Kier alpha value is -2.92. The fourth-order valence-corrected chi connectivity index (χ4v) is 6.84. The molecular weight excluding hydrogens is 560 g/mol. The average Bonchev–Trinajstić information content (AvgIpc) is 3.34. The summed E-state index contributed by atoms with van der Waals surface area (Å²) in [5.41, 5.74) is 7.95. The minimum Gasteiger partial charge on any atom is -0.366 e. The molecule has 4 rings (SSSR count). The second-order valence-corrected chi connectivity index (χ2v) is 13.1. The third-order valence-electron chi connectivity index (χ3n) is 8.26. The van der Waals surface area contributed by atoms with Crippen molar-refractivity contribution in [1.29, 1.82) is 0 Å². The number of nitrogens with one attached hydrogen (secondary N) is 2. The number of halogens is 2. The fraction of sp³-hybridized carbons (Fsp3) is 0.613. The van der Waals surface area contributed by atoms with Crippen LogP contribution in [0.25, 0.3) is 10.2 Å². The summed E-state index contributed by atoms with van der Waals surface area (Å²) >= 11 is 1.53. The molecular formula is C31H43F2N5O3S. The molecule has 1 aromatic heterocycles.